The van der Waals surface area contributed by atoms with Crippen LogP contribution in [0.3, 0.4) is 0 Å². The molecule has 0 heterocycles. The molecule has 3 saturated carbocycles. The normalized spacial score (nSPS) is 49.7. The van der Waals surface area contributed by atoms with Crippen molar-refractivity contribution in [2.75, 3.05) is 6.54 Å². The minimum Gasteiger partial charge on any atom is -0.389 e. The molecule has 3 aliphatic carbocycles. The van der Waals surface area contributed by atoms with E-state index < -0.39 is 5.60 Å². The van der Waals surface area contributed by atoms with E-state index in [-0.39, 0.29) is 5.41 Å². The SMILES string of the molecule is CCCC1CCC(O)(C2(CN)CC3CCC2C3)CC1. The topological polar surface area (TPSA) is 46.2 Å². The second-order valence-electron chi connectivity index (χ2n) is 7.70. The smallest absolute Gasteiger partial charge is 0.0718 e. The third kappa shape index (κ3) is 2.06. The van der Waals surface area contributed by atoms with E-state index in [2.05, 4.69) is 6.92 Å². The maximum atomic E-state index is 11.3. The van der Waals surface area contributed by atoms with E-state index >= 15 is 0 Å². The van der Waals surface area contributed by atoms with Gasteiger partial charge in [0.25, 0.3) is 0 Å². The highest BCUT2D eigenvalue weighted by Crippen LogP contribution is 2.62. The lowest BCUT2D eigenvalue weighted by Gasteiger charge is -2.52. The molecule has 19 heavy (non-hydrogen) atoms. The first-order valence-corrected chi connectivity index (χ1v) is 8.56. The van der Waals surface area contributed by atoms with Gasteiger partial charge in [0.05, 0.1) is 5.60 Å². The van der Waals surface area contributed by atoms with Gasteiger partial charge >= 0.3 is 0 Å². The molecule has 3 unspecified atom stereocenters. The number of fused-ring (bicyclic) bond motifs is 2. The van der Waals surface area contributed by atoms with E-state index in [4.69, 9.17) is 5.73 Å². The quantitative estimate of drug-likeness (QED) is 0.817. The van der Waals surface area contributed by atoms with Gasteiger partial charge in [-0.1, -0.05) is 26.2 Å². The van der Waals surface area contributed by atoms with E-state index in [1.807, 2.05) is 0 Å². The van der Waals surface area contributed by atoms with E-state index in [0.29, 0.717) is 6.54 Å². The molecule has 0 aliphatic heterocycles. The Morgan fingerprint density at radius 1 is 1.16 bits per heavy atom. The van der Waals surface area contributed by atoms with Gasteiger partial charge in [0.2, 0.25) is 0 Å². The summed E-state index contributed by atoms with van der Waals surface area (Å²) in [4.78, 5) is 0. The summed E-state index contributed by atoms with van der Waals surface area (Å²) >= 11 is 0. The molecule has 2 heteroatoms. The molecule has 0 amide bonds. The van der Waals surface area contributed by atoms with Gasteiger partial charge in [-0.3, -0.25) is 0 Å². The average molecular weight is 265 g/mol. The zero-order valence-corrected chi connectivity index (χ0v) is 12.5. The summed E-state index contributed by atoms with van der Waals surface area (Å²) in [7, 11) is 0. The third-order valence-corrected chi connectivity index (χ3v) is 6.90. The first-order chi connectivity index (χ1) is 9.13. The third-order valence-electron chi connectivity index (χ3n) is 6.90. The average Bonchev–Trinajstić information content (AvgIpc) is 3.03. The molecule has 3 aliphatic rings. The summed E-state index contributed by atoms with van der Waals surface area (Å²) in [6.07, 6.45) is 12.4. The van der Waals surface area contributed by atoms with Crippen LogP contribution in [0.15, 0.2) is 0 Å². The molecule has 0 aromatic carbocycles. The van der Waals surface area contributed by atoms with Crippen LogP contribution in [-0.4, -0.2) is 17.3 Å². The summed E-state index contributed by atoms with van der Waals surface area (Å²) in [5, 5.41) is 11.3. The fourth-order valence-electron chi connectivity index (χ4n) is 5.80. The van der Waals surface area contributed by atoms with Crippen molar-refractivity contribution in [1.82, 2.24) is 0 Å². The molecule has 2 bridgehead atoms. The van der Waals surface area contributed by atoms with Gasteiger partial charge in [0.15, 0.2) is 0 Å². The Kier molecular flexibility index (Phi) is 3.68. The lowest BCUT2D eigenvalue weighted by Crippen LogP contribution is -2.57. The van der Waals surface area contributed by atoms with Crippen molar-refractivity contribution in [3.05, 3.63) is 0 Å². The number of nitrogens with two attached hydrogens (primary N) is 1. The van der Waals surface area contributed by atoms with Crippen LogP contribution in [0.5, 0.6) is 0 Å². The van der Waals surface area contributed by atoms with Gasteiger partial charge in [-0.05, 0) is 62.7 Å². The van der Waals surface area contributed by atoms with Gasteiger partial charge in [0, 0.05) is 12.0 Å². The van der Waals surface area contributed by atoms with Crippen LogP contribution < -0.4 is 5.73 Å². The molecule has 0 aromatic rings. The van der Waals surface area contributed by atoms with E-state index in [0.717, 1.165) is 30.6 Å². The lowest BCUT2D eigenvalue weighted by molar-refractivity contribution is -0.137. The van der Waals surface area contributed by atoms with Crippen LogP contribution >= 0.6 is 0 Å². The van der Waals surface area contributed by atoms with Crippen LogP contribution in [0.1, 0.15) is 71.1 Å². The number of aliphatic hydroxyl groups is 1. The van der Waals surface area contributed by atoms with Gasteiger partial charge in [0.1, 0.15) is 0 Å². The van der Waals surface area contributed by atoms with Gasteiger partial charge in [-0.15, -0.1) is 0 Å². The molecule has 110 valence electrons. The van der Waals surface area contributed by atoms with Crippen LogP contribution in [0.2, 0.25) is 0 Å². The zero-order chi connectivity index (χ0) is 13.5. The molecule has 0 radical (unpaired) electrons. The molecule has 0 aromatic heterocycles. The van der Waals surface area contributed by atoms with Gasteiger partial charge in [-0.25, -0.2) is 0 Å². The predicted octanol–water partition coefficient (Wildman–Crippen LogP) is 3.47. The molecule has 2 nitrogen and oxygen atoms in total. The van der Waals surface area contributed by atoms with Crippen LogP contribution in [-0.2, 0) is 0 Å². The van der Waals surface area contributed by atoms with Crippen molar-refractivity contribution in [3.8, 4) is 0 Å². The summed E-state index contributed by atoms with van der Waals surface area (Å²) in [6.45, 7) is 2.99. The molecular weight excluding hydrogens is 234 g/mol. The Morgan fingerprint density at radius 3 is 2.37 bits per heavy atom. The Balaban J connectivity index is 1.73. The van der Waals surface area contributed by atoms with E-state index in [1.54, 1.807) is 0 Å². The second-order valence-corrected chi connectivity index (χ2v) is 7.70. The summed E-state index contributed by atoms with van der Waals surface area (Å²) in [6, 6.07) is 0. The highest BCUT2D eigenvalue weighted by molar-refractivity contribution is 5.11. The van der Waals surface area contributed by atoms with E-state index in [9.17, 15) is 5.11 Å². The monoisotopic (exact) mass is 265 g/mol. The Hall–Kier alpha value is -0.0800. The zero-order valence-electron chi connectivity index (χ0n) is 12.5. The van der Waals surface area contributed by atoms with E-state index in [1.165, 1.54) is 51.4 Å². The minimum absolute atomic E-state index is 0.0765. The molecular formula is C17H31NO. The fourth-order valence-corrected chi connectivity index (χ4v) is 5.80. The first-order valence-electron chi connectivity index (χ1n) is 8.56. The molecule has 3 N–H and O–H groups in total. The fraction of sp³-hybridized carbons (Fsp3) is 1.00. The summed E-state index contributed by atoms with van der Waals surface area (Å²) in [5.74, 6) is 2.44. The minimum atomic E-state index is -0.439. The maximum absolute atomic E-state index is 11.3. The van der Waals surface area contributed by atoms with Crippen molar-refractivity contribution in [1.29, 1.82) is 0 Å². The van der Waals surface area contributed by atoms with Crippen molar-refractivity contribution < 1.29 is 5.11 Å². The van der Waals surface area contributed by atoms with Crippen molar-refractivity contribution >= 4 is 0 Å². The molecule has 0 saturated heterocycles. The van der Waals surface area contributed by atoms with Crippen molar-refractivity contribution in [3.63, 3.8) is 0 Å². The Labute approximate surface area is 118 Å². The predicted molar refractivity (Wildman–Crippen MR) is 78.8 cm³/mol. The van der Waals surface area contributed by atoms with Crippen LogP contribution in [0.25, 0.3) is 0 Å². The second kappa shape index (κ2) is 5.04. The van der Waals surface area contributed by atoms with Crippen LogP contribution in [0, 0.1) is 23.2 Å². The molecule has 0 spiro atoms. The first kappa shape index (κ1) is 13.9. The maximum Gasteiger partial charge on any atom is 0.0718 e. The number of hydrogen-bond donors (Lipinski definition) is 2. The number of hydrogen-bond acceptors (Lipinski definition) is 2. The Bertz CT molecular complexity index is 321. The lowest BCUT2D eigenvalue weighted by atomic mass is 9.57. The molecule has 3 atom stereocenters. The molecule has 3 rings (SSSR count). The summed E-state index contributed by atoms with van der Waals surface area (Å²) in [5.41, 5.74) is 5.84. The summed E-state index contributed by atoms with van der Waals surface area (Å²) < 4.78 is 0. The highest BCUT2D eigenvalue weighted by atomic mass is 16.3. The standard InChI is InChI=1S/C17H31NO/c1-2-3-13-6-8-17(19,9-7-13)16(12-18)11-14-4-5-15(16)10-14/h13-15,19H,2-12,18H2,1H3. The highest BCUT2D eigenvalue weighted by Gasteiger charge is 2.60. The van der Waals surface area contributed by atoms with Crippen molar-refractivity contribution in [2.45, 2.75) is 76.7 Å². The van der Waals surface area contributed by atoms with Gasteiger partial charge < -0.3 is 10.8 Å². The van der Waals surface area contributed by atoms with Gasteiger partial charge in [-0.2, -0.15) is 0 Å². The largest absolute Gasteiger partial charge is 0.389 e. The van der Waals surface area contributed by atoms with Crippen molar-refractivity contribution in [2.24, 2.45) is 28.9 Å². The van der Waals surface area contributed by atoms with Crippen LogP contribution in [0.4, 0.5) is 0 Å². The Morgan fingerprint density at radius 2 is 1.89 bits per heavy atom. The molecule has 3 fully saturated rings. The number of rotatable bonds is 4.